The summed E-state index contributed by atoms with van der Waals surface area (Å²) < 4.78 is 5.65. The van der Waals surface area contributed by atoms with E-state index in [4.69, 9.17) is 27.6 Å². The number of halogens is 2. The molecule has 0 aliphatic heterocycles. The molecule has 0 aliphatic rings. The maximum Gasteiger partial charge on any atom is 0.287 e. The van der Waals surface area contributed by atoms with Crippen LogP contribution in [-0.4, -0.2) is 12.5 Å². The van der Waals surface area contributed by atoms with E-state index in [2.05, 4.69) is 5.32 Å². The van der Waals surface area contributed by atoms with Gasteiger partial charge in [-0.1, -0.05) is 29.3 Å². The van der Waals surface area contributed by atoms with E-state index in [1.807, 2.05) is 38.1 Å². The van der Waals surface area contributed by atoms with E-state index in [0.717, 1.165) is 22.1 Å². The highest BCUT2D eigenvalue weighted by atomic mass is 35.5. The predicted molar refractivity (Wildman–Crippen MR) is 98.2 cm³/mol. The monoisotopic (exact) mass is 361 g/mol. The highest BCUT2D eigenvalue weighted by Crippen LogP contribution is 2.24. The number of furan rings is 1. The Hall–Kier alpha value is -1.97. The van der Waals surface area contributed by atoms with Gasteiger partial charge < -0.3 is 9.73 Å². The van der Waals surface area contributed by atoms with Gasteiger partial charge in [0.25, 0.3) is 5.91 Å². The molecule has 0 atom stereocenters. The standard InChI is InChI=1S/C19H17Cl2NO2/c1-11-7-14-10-18(24-17(14)8-12(11)2)19(23)22-6-5-13-3-4-15(20)16(21)9-13/h3-4,7-10H,5-6H2,1-2H3,(H,22,23). The van der Waals surface area contributed by atoms with E-state index >= 15 is 0 Å². The Labute approximate surface area is 150 Å². The van der Waals surface area contributed by atoms with Crippen LogP contribution >= 0.6 is 23.2 Å². The van der Waals surface area contributed by atoms with Crippen molar-refractivity contribution in [3.63, 3.8) is 0 Å². The van der Waals surface area contributed by atoms with Crippen molar-refractivity contribution in [3.8, 4) is 0 Å². The minimum atomic E-state index is -0.221. The van der Waals surface area contributed by atoms with E-state index in [1.165, 1.54) is 5.56 Å². The SMILES string of the molecule is Cc1cc2cc(C(=O)NCCc3ccc(Cl)c(Cl)c3)oc2cc1C. The Balaban J connectivity index is 1.65. The number of amides is 1. The minimum Gasteiger partial charge on any atom is -0.451 e. The van der Waals surface area contributed by atoms with Crippen molar-refractivity contribution in [1.82, 2.24) is 5.32 Å². The van der Waals surface area contributed by atoms with Crippen LogP contribution in [0.15, 0.2) is 40.8 Å². The van der Waals surface area contributed by atoms with Crippen LogP contribution in [0.2, 0.25) is 10.0 Å². The summed E-state index contributed by atoms with van der Waals surface area (Å²) in [7, 11) is 0. The molecule has 1 amide bonds. The van der Waals surface area contributed by atoms with Crippen LogP contribution < -0.4 is 5.32 Å². The molecule has 0 saturated heterocycles. The van der Waals surface area contributed by atoms with Crippen molar-refractivity contribution in [3.05, 3.63) is 68.9 Å². The molecule has 1 aromatic heterocycles. The molecular formula is C19H17Cl2NO2. The smallest absolute Gasteiger partial charge is 0.287 e. The number of hydrogen-bond donors (Lipinski definition) is 1. The van der Waals surface area contributed by atoms with Crippen molar-refractivity contribution < 1.29 is 9.21 Å². The lowest BCUT2D eigenvalue weighted by molar-refractivity contribution is 0.0928. The molecule has 124 valence electrons. The van der Waals surface area contributed by atoms with Crippen molar-refractivity contribution >= 4 is 40.1 Å². The zero-order chi connectivity index (χ0) is 17.3. The lowest BCUT2D eigenvalue weighted by atomic mass is 10.1. The second-order valence-electron chi connectivity index (χ2n) is 5.84. The molecule has 0 radical (unpaired) electrons. The van der Waals surface area contributed by atoms with E-state index in [-0.39, 0.29) is 5.91 Å². The van der Waals surface area contributed by atoms with Gasteiger partial charge in [0, 0.05) is 11.9 Å². The fraction of sp³-hybridized carbons (Fsp3) is 0.211. The molecule has 0 saturated carbocycles. The summed E-state index contributed by atoms with van der Waals surface area (Å²) in [4.78, 5) is 12.2. The molecule has 0 unspecified atom stereocenters. The van der Waals surface area contributed by atoms with Crippen LogP contribution in [-0.2, 0) is 6.42 Å². The van der Waals surface area contributed by atoms with E-state index in [1.54, 1.807) is 12.1 Å². The minimum absolute atomic E-state index is 0.221. The Morgan fingerprint density at radius 2 is 1.79 bits per heavy atom. The number of hydrogen-bond acceptors (Lipinski definition) is 2. The quantitative estimate of drug-likeness (QED) is 0.682. The fourth-order valence-electron chi connectivity index (χ4n) is 2.52. The maximum atomic E-state index is 12.2. The summed E-state index contributed by atoms with van der Waals surface area (Å²) in [5.41, 5.74) is 4.06. The number of aryl methyl sites for hydroxylation is 2. The number of carbonyl (C=O) groups is 1. The first-order valence-corrected chi connectivity index (χ1v) is 8.42. The van der Waals surface area contributed by atoms with Crippen molar-refractivity contribution in [2.75, 3.05) is 6.54 Å². The Morgan fingerprint density at radius 1 is 1.04 bits per heavy atom. The summed E-state index contributed by atoms with van der Waals surface area (Å²) in [5, 5.41) is 4.84. The van der Waals surface area contributed by atoms with Crippen molar-refractivity contribution in [2.45, 2.75) is 20.3 Å². The largest absolute Gasteiger partial charge is 0.451 e. The third kappa shape index (κ3) is 3.58. The zero-order valence-corrected chi connectivity index (χ0v) is 15.0. The molecule has 2 aromatic carbocycles. The molecule has 1 N–H and O–H groups in total. The average Bonchev–Trinajstić information content (AvgIpc) is 2.94. The topological polar surface area (TPSA) is 42.2 Å². The van der Waals surface area contributed by atoms with Crippen LogP contribution in [0.3, 0.4) is 0 Å². The Kier molecular flexibility index (Phi) is 4.83. The van der Waals surface area contributed by atoms with Crippen LogP contribution in [0.4, 0.5) is 0 Å². The average molecular weight is 362 g/mol. The molecule has 24 heavy (non-hydrogen) atoms. The summed E-state index contributed by atoms with van der Waals surface area (Å²) in [6.07, 6.45) is 0.668. The first-order chi connectivity index (χ1) is 11.4. The van der Waals surface area contributed by atoms with Gasteiger partial charge in [0.15, 0.2) is 5.76 Å². The highest BCUT2D eigenvalue weighted by Gasteiger charge is 2.12. The van der Waals surface area contributed by atoms with Crippen LogP contribution in [0.5, 0.6) is 0 Å². The molecule has 3 nitrogen and oxygen atoms in total. The normalized spacial score (nSPS) is 11.0. The maximum absolute atomic E-state index is 12.2. The second kappa shape index (κ2) is 6.88. The first-order valence-electron chi connectivity index (χ1n) is 7.67. The van der Waals surface area contributed by atoms with Crippen LogP contribution in [0.1, 0.15) is 27.2 Å². The summed E-state index contributed by atoms with van der Waals surface area (Å²) in [5.74, 6) is 0.103. The van der Waals surface area contributed by atoms with Gasteiger partial charge in [-0.15, -0.1) is 0 Å². The van der Waals surface area contributed by atoms with Gasteiger partial charge in [0.05, 0.1) is 10.0 Å². The number of rotatable bonds is 4. The lowest BCUT2D eigenvalue weighted by Gasteiger charge is -2.04. The molecular weight excluding hydrogens is 345 g/mol. The lowest BCUT2D eigenvalue weighted by Crippen LogP contribution is -2.25. The fourth-order valence-corrected chi connectivity index (χ4v) is 2.84. The van der Waals surface area contributed by atoms with Gasteiger partial charge in [0.1, 0.15) is 5.58 Å². The number of nitrogens with one attached hydrogen (secondary N) is 1. The molecule has 1 heterocycles. The number of carbonyl (C=O) groups excluding carboxylic acids is 1. The summed E-state index contributed by atoms with van der Waals surface area (Å²) in [6.45, 7) is 4.55. The van der Waals surface area contributed by atoms with Gasteiger partial charge in [-0.2, -0.15) is 0 Å². The zero-order valence-electron chi connectivity index (χ0n) is 13.5. The summed E-state index contributed by atoms with van der Waals surface area (Å²) >= 11 is 11.9. The van der Waals surface area contributed by atoms with Gasteiger partial charge in [0.2, 0.25) is 0 Å². The van der Waals surface area contributed by atoms with Gasteiger partial charge >= 0.3 is 0 Å². The Bertz CT molecular complexity index is 876. The summed E-state index contributed by atoms with van der Waals surface area (Å²) in [6, 6.07) is 11.2. The molecule has 0 spiro atoms. The number of benzene rings is 2. The van der Waals surface area contributed by atoms with Crippen LogP contribution in [0.25, 0.3) is 11.0 Å². The predicted octanol–water partition coefficient (Wildman–Crippen LogP) is 5.33. The van der Waals surface area contributed by atoms with E-state index < -0.39 is 0 Å². The Morgan fingerprint density at radius 3 is 2.54 bits per heavy atom. The third-order valence-corrected chi connectivity index (χ3v) is 4.78. The van der Waals surface area contributed by atoms with Crippen molar-refractivity contribution in [1.29, 1.82) is 0 Å². The van der Waals surface area contributed by atoms with Gasteiger partial charge in [-0.25, -0.2) is 0 Å². The van der Waals surface area contributed by atoms with Gasteiger partial charge in [-0.3, -0.25) is 4.79 Å². The molecule has 3 rings (SSSR count). The third-order valence-electron chi connectivity index (χ3n) is 4.04. The second-order valence-corrected chi connectivity index (χ2v) is 6.65. The highest BCUT2D eigenvalue weighted by molar-refractivity contribution is 6.42. The van der Waals surface area contributed by atoms with Gasteiger partial charge in [-0.05, 0) is 67.3 Å². The molecule has 5 heteroatoms. The molecule has 3 aromatic rings. The first kappa shape index (κ1) is 16.9. The van der Waals surface area contributed by atoms with Crippen LogP contribution in [0, 0.1) is 13.8 Å². The van der Waals surface area contributed by atoms with Crippen molar-refractivity contribution in [2.24, 2.45) is 0 Å². The van der Waals surface area contributed by atoms with E-state index in [0.29, 0.717) is 28.8 Å². The molecule has 0 bridgehead atoms. The molecule has 0 fully saturated rings. The number of fused-ring (bicyclic) bond motifs is 1. The van der Waals surface area contributed by atoms with E-state index in [9.17, 15) is 4.79 Å². The molecule has 0 aliphatic carbocycles.